The molecule has 1 aromatic rings. The van der Waals surface area contributed by atoms with Crippen molar-refractivity contribution >= 4 is 10.0 Å². The summed E-state index contributed by atoms with van der Waals surface area (Å²) >= 11 is 0. The SMILES string of the molecule is CCNCc1ccc(CC)c(S(=O)(=O)N(C)CCOC)c1. The van der Waals surface area contributed by atoms with Crippen LogP contribution in [-0.4, -0.2) is 46.6 Å². The van der Waals surface area contributed by atoms with Gasteiger partial charge in [0.15, 0.2) is 0 Å². The molecule has 0 amide bonds. The summed E-state index contributed by atoms with van der Waals surface area (Å²) in [4.78, 5) is 0.402. The molecule has 0 aliphatic heterocycles. The van der Waals surface area contributed by atoms with Gasteiger partial charge >= 0.3 is 0 Å². The van der Waals surface area contributed by atoms with Gasteiger partial charge in [-0.15, -0.1) is 0 Å². The normalized spacial score (nSPS) is 12.0. The maximum atomic E-state index is 12.7. The van der Waals surface area contributed by atoms with Crippen LogP contribution in [-0.2, 0) is 27.7 Å². The fourth-order valence-electron chi connectivity index (χ4n) is 2.02. The van der Waals surface area contributed by atoms with Crippen molar-refractivity contribution in [1.82, 2.24) is 9.62 Å². The molecule has 6 heteroatoms. The molecular weight excluding hydrogens is 288 g/mol. The Morgan fingerprint density at radius 2 is 2.00 bits per heavy atom. The number of ether oxygens (including phenoxy) is 1. The molecule has 1 rings (SSSR count). The molecule has 120 valence electrons. The lowest BCUT2D eigenvalue weighted by Crippen LogP contribution is -2.31. The van der Waals surface area contributed by atoms with Crippen LogP contribution in [0.25, 0.3) is 0 Å². The van der Waals surface area contributed by atoms with Crippen molar-refractivity contribution in [2.75, 3.05) is 33.9 Å². The maximum Gasteiger partial charge on any atom is 0.243 e. The molecule has 21 heavy (non-hydrogen) atoms. The lowest BCUT2D eigenvalue weighted by Gasteiger charge is -2.19. The number of hydrogen-bond acceptors (Lipinski definition) is 4. The number of likely N-dealkylation sites (N-methyl/N-ethyl adjacent to an activating group) is 1. The van der Waals surface area contributed by atoms with Gasteiger partial charge in [-0.25, -0.2) is 8.42 Å². The first-order valence-electron chi connectivity index (χ1n) is 7.25. The summed E-state index contributed by atoms with van der Waals surface area (Å²) in [6, 6.07) is 5.67. The van der Waals surface area contributed by atoms with Gasteiger partial charge < -0.3 is 10.1 Å². The highest BCUT2D eigenvalue weighted by Gasteiger charge is 2.23. The minimum absolute atomic E-state index is 0.347. The molecule has 0 spiro atoms. The molecule has 0 unspecified atom stereocenters. The van der Waals surface area contributed by atoms with E-state index in [1.807, 2.05) is 26.0 Å². The van der Waals surface area contributed by atoms with E-state index in [2.05, 4.69) is 5.32 Å². The van der Waals surface area contributed by atoms with Crippen molar-refractivity contribution in [1.29, 1.82) is 0 Å². The summed E-state index contributed by atoms with van der Waals surface area (Å²) in [7, 11) is -0.323. The Morgan fingerprint density at radius 1 is 1.29 bits per heavy atom. The van der Waals surface area contributed by atoms with Crippen LogP contribution in [0.5, 0.6) is 0 Å². The first-order valence-corrected chi connectivity index (χ1v) is 8.69. The van der Waals surface area contributed by atoms with Crippen LogP contribution in [0.2, 0.25) is 0 Å². The zero-order valence-electron chi connectivity index (χ0n) is 13.3. The van der Waals surface area contributed by atoms with Gasteiger partial charge in [-0.2, -0.15) is 4.31 Å². The molecule has 1 N–H and O–H groups in total. The summed E-state index contributed by atoms with van der Waals surface area (Å²) in [5, 5.41) is 3.22. The third kappa shape index (κ3) is 4.78. The van der Waals surface area contributed by atoms with Gasteiger partial charge in [-0.1, -0.05) is 26.0 Å². The minimum atomic E-state index is -3.48. The first-order chi connectivity index (χ1) is 9.97. The van der Waals surface area contributed by atoms with Crippen molar-refractivity contribution in [3.8, 4) is 0 Å². The molecule has 0 aliphatic rings. The molecule has 0 saturated heterocycles. The number of methoxy groups -OCH3 is 1. The number of rotatable bonds is 9. The summed E-state index contributed by atoms with van der Waals surface area (Å²) < 4.78 is 31.7. The second kappa shape index (κ2) is 8.48. The zero-order chi connectivity index (χ0) is 15.9. The molecular formula is C15H26N2O3S. The van der Waals surface area contributed by atoms with Crippen LogP contribution in [0.4, 0.5) is 0 Å². The molecule has 1 aromatic carbocycles. The van der Waals surface area contributed by atoms with Gasteiger partial charge in [-0.3, -0.25) is 0 Å². The highest BCUT2D eigenvalue weighted by atomic mass is 32.2. The van der Waals surface area contributed by atoms with Crippen LogP contribution >= 0.6 is 0 Å². The van der Waals surface area contributed by atoms with Gasteiger partial charge in [0.05, 0.1) is 11.5 Å². The van der Waals surface area contributed by atoms with Gasteiger partial charge in [-0.05, 0) is 30.2 Å². The molecule has 0 heterocycles. The first kappa shape index (κ1) is 18.1. The summed E-state index contributed by atoms with van der Waals surface area (Å²) in [5.74, 6) is 0. The standard InChI is InChI=1S/C15H26N2O3S/c1-5-14-8-7-13(12-16-6-2)11-15(14)21(18,19)17(3)9-10-20-4/h7-8,11,16H,5-6,9-10,12H2,1-4H3. The van der Waals surface area contributed by atoms with Gasteiger partial charge in [0.2, 0.25) is 10.0 Å². The van der Waals surface area contributed by atoms with Crippen LogP contribution in [0.3, 0.4) is 0 Å². The van der Waals surface area contributed by atoms with Crippen LogP contribution < -0.4 is 5.32 Å². The predicted octanol–water partition coefficient (Wildman–Crippen LogP) is 1.63. The fourth-order valence-corrected chi connectivity index (χ4v) is 3.51. The van der Waals surface area contributed by atoms with E-state index in [0.29, 0.717) is 31.0 Å². The molecule has 5 nitrogen and oxygen atoms in total. The van der Waals surface area contributed by atoms with Crippen molar-refractivity contribution in [2.24, 2.45) is 0 Å². The largest absolute Gasteiger partial charge is 0.383 e. The Labute approximate surface area is 128 Å². The summed E-state index contributed by atoms with van der Waals surface area (Å²) in [5.41, 5.74) is 1.83. The summed E-state index contributed by atoms with van der Waals surface area (Å²) in [6.45, 7) is 6.24. The van der Waals surface area contributed by atoms with Gasteiger partial charge in [0.1, 0.15) is 0 Å². The van der Waals surface area contributed by atoms with E-state index in [9.17, 15) is 8.42 Å². The van der Waals surface area contributed by atoms with Crippen LogP contribution in [0.1, 0.15) is 25.0 Å². The molecule has 0 aliphatic carbocycles. The third-order valence-electron chi connectivity index (χ3n) is 3.39. The molecule has 0 bridgehead atoms. The lowest BCUT2D eigenvalue weighted by atomic mass is 10.1. The Morgan fingerprint density at radius 3 is 2.57 bits per heavy atom. The third-order valence-corrected chi connectivity index (χ3v) is 5.33. The lowest BCUT2D eigenvalue weighted by molar-refractivity contribution is 0.185. The van der Waals surface area contributed by atoms with E-state index < -0.39 is 10.0 Å². The topological polar surface area (TPSA) is 58.6 Å². The average molecular weight is 314 g/mol. The number of nitrogens with zero attached hydrogens (tertiary/aromatic N) is 1. The van der Waals surface area contributed by atoms with Crippen LogP contribution in [0, 0.1) is 0 Å². The van der Waals surface area contributed by atoms with Crippen LogP contribution in [0.15, 0.2) is 23.1 Å². The van der Waals surface area contributed by atoms with Gasteiger partial charge in [0.25, 0.3) is 0 Å². The Kier molecular flexibility index (Phi) is 7.31. The summed E-state index contributed by atoms with van der Waals surface area (Å²) in [6.07, 6.45) is 0.689. The average Bonchev–Trinajstić information content (AvgIpc) is 2.50. The Balaban J connectivity index is 3.12. The van der Waals surface area contributed by atoms with E-state index in [0.717, 1.165) is 17.7 Å². The molecule has 0 aromatic heterocycles. The van der Waals surface area contributed by atoms with Crippen molar-refractivity contribution < 1.29 is 13.2 Å². The Hall–Kier alpha value is -0.950. The van der Waals surface area contributed by atoms with E-state index in [1.54, 1.807) is 20.2 Å². The van der Waals surface area contributed by atoms with Gasteiger partial charge in [0, 0.05) is 27.2 Å². The molecule has 0 radical (unpaired) electrons. The number of sulfonamides is 1. The van der Waals surface area contributed by atoms with E-state index >= 15 is 0 Å². The number of hydrogen-bond donors (Lipinski definition) is 1. The smallest absolute Gasteiger partial charge is 0.243 e. The maximum absolute atomic E-state index is 12.7. The predicted molar refractivity (Wildman–Crippen MR) is 84.9 cm³/mol. The zero-order valence-corrected chi connectivity index (χ0v) is 14.2. The molecule has 0 atom stereocenters. The highest BCUT2D eigenvalue weighted by molar-refractivity contribution is 7.89. The van der Waals surface area contributed by atoms with E-state index in [-0.39, 0.29) is 0 Å². The fraction of sp³-hybridized carbons (Fsp3) is 0.600. The Bertz CT molecular complexity index is 544. The number of nitrogens with one attached hydrogen (secondary N) is 1. The minimum Gasteiger partial charge on any atom is -0.383 e. The number of aryl methyl sites for hydroxylation is 1. The molecule has 0 saturated carbocycles. The van der Waals surface area contributed by atoms with E-state index in [1.165, 1.54) is 4.31 Å². The van der Waals surface area contributed by atoms with Crippen molar-refractivity contribution in [3.05, 3.63) is 29.3 Å². The number of benzene rings is 1. The highest BCUT2D eigenvalue weighted by Crippen LogP contribution is 2.21. The second-order valence-electron chi connectivity index (χ2n) is 4.90. The van der Waals surface area contributed by atoms with Crippen molar-refractivity contribution in [2.45, 2.75) is 31.7 Å². The second-order valence-corrected chi connectivity index (χ2v) is 6.91. The van der Waals surface area contributed by atoms with Crippen molar-refractivity contribution in [3.63, 3.8) is 0 Å². The monoisotopic (exact) mass is 314 g/mol. The molecule has 0 fully saturated rings. The quantitative estimate of drug-likeness (QED) is 0.752. The van der Waals surface area contributed by atoms with E-state index in [4.69, 9.17) is 4.74 Å².